The van der Waals surface area contributed by atoms with Gasteiger partial charge in [0.25, 0.3) is 0 Å². The highest BCUT2D eigenvalue weighted by molar-refractivity contribution is 5.41. The second kappa shape index (κ2) is 19.0. The maximum atomic E-state index is 5.88. The lowest BCUT2D eigenvalue weighted by molar-refractivity contribution is 0.0438. The molecule has 0 unspecified atom stereocenters. The van der Waals surface area contributed by atoms with Crippen LogP contribution in [0.4, 0.5) is 0 Å². The predicted octanol–water partition coefficient (Wildman–Crippen LogP) is 6.44. The lowest BCUT2D eigenvalue weighted by Crippen LogP contribution is -2.18. The molecule has 2 aromatic carbocycles. The van der Waals surface area contributed by atoms with Crippen molar-refractivity contribution in [2.45, 2.75) is 58.8 Å². The molecule has 0 heterocycles. The Morgan fingerprint density at radius 2 is 0.811 bits per heavy atom. The van der Waals surface area contributed by atoms with Crippen LogP contribution in [0.3, 0.4) is 0 Å². The van der Waals surface area contributed by atoms with Gasteiger partial charge in [-0.2, -0.15) is 0 Å². The van der Waals surface area contributed by atoms with Gasteiger partial charge in [-0.3, -0.25) is 0 Å². The average Bonchev–Trinajstić information content (AvgIpc) is 2.92. The maximum Gasteiger partial charge on any atom is 0.119 e. The zero-order valence-electron chi connectivity index (χ0n) is 23.5. The Balaban J connectivity index is 1.67. The van der Waals surface area contributed by atoms with Crippen molar-refractivity contribution >= 4 is 0 Å². The van der Waals surface area contributed by atoms with Crippen molar-refractivity contribution < 1.29 is 28.4 Å². The summed E-state index contributed by atoms with van der Waals surface area (Å²) in [6.45, 7) is 15.5. The first-order valence-corrected chi connectivity index (χ1v) is 13.9. The van der Waals surface area contributed by atoms with Crippen LogP contribution in [0.2, 0.25) is 0 Å². The molecule has 2 rings (SSSR count). The van der Waals surface area contributed by atoms with Crippen molar-refractivity contribution in [3.05, 3.63) is 59.7 Å². The third kappa shape index (κ3) is 12.8. The van der Waals surface area contributed by atoms with Crippen LogP contribution in [0.15, 0.2) is 48.5 Å². The molecule has 0 aromatic heterocycles. The Labute approximate surface area is 224 Å². The van der Waals surface area contributed by atoms with Crippen LogP contribution in [0.25, 0.3) is 0 Å². The Bertz CT molecular complexity index is 736. The number of ether oxygens (including phenoxy) is 6. The van der Waals surface area contributed by atoms with Gasteiger partial charge in [-0.1, -0.05) is 52.0 Å². The smallest absolute Gasteiger partial charge is 0.119 e. The van der Waals surface area contributed by atoms with E-state index in [4.69, 9.17) is 28.4 Å². The number of benzene rings is 2. The summed E-state index contributed by atoms with van der Waals surface area (Å²) in [6.07, 6.45) is 3.80. The Kier molecular flexibility index (Phi) is 16.0. The van der Waals surface area contributed by atoms with E-state index in [1.54, 1.807) is 0 Å². The molecule has 0 N–H and O–H groups in total. The van der Waals surface area contributed by atoms with E-state index in [9.17, 15) is 0 Å². The van der Waals surface area contributed by atoms with Gasteiger partial charge in [0.1, 0.15) is 11.5 Å². The van der Waals surface area contributed by atoms with Gasteiger partial charge in [0.15, 0.2) is 0 Å². The zero-order chi connectivity index (χ0) is 26.6. The molecule has 0 atom stereocenters. The summed E-state index contributed by atoms with van der Waals surface area (Å²) in [5, 5.41) is 0. The summed E-state index contributed by atoms with van der Waals surface area (Å²) in [4.78, 5) is 0. The number of hydrogen-bond donors (Lipinski definition) is 0. The summed E-state index contributed by atoms with van der Waals surface area (Å²) >= 11 is 0. The Morgan fingerprint density at radius 3 is 1.16 bits per heavy atom. The van der Waals surface area contributed by atoms with E-state index >= 15 is 0 Å². The predicted molar refractivity (Wildman–Crippen MR) is 149 cm³/mol. The molecule has 0 amide bonds. The first-order chi connectivity index (χ1) is 18.1. The zero-order valence-corrected chi connectivity index (χ0v) is 23.5. The molecule has 6 nitrogen and oxygen atoms in total. The van der Waals surface area contributed by atoms with Gasteiger partial charge >= 0.3 is 0 Å². The largest absolute Gasteiger partial charge is 0.494 e. The third-order valence-electron chi connectivity index (χ3n) is 6.00. The standard InChI is InChI=1S/C31H48O6/c1-5-17-32-23-25-34-19-7-21-36-29-13-9-27(10-14-29)31(3,4)28-11-15-30(16-12-28)37-22-8-20-35-26-24-33-18-6-2/h9-16H,5-8,17-26H2,1-4H3. The van der Waals surface area contributed by atoms with E-state index in [0.29, 0.717) is 52.9 Å². The third-order valence-corrected chi connectivity index (χ3v) is 6.00. The second-order valence-corrected chi connectivity index (χ2v) is 9.53. The quantitative estimate of drug-likeness (QED) is 0.168. The summed E-state index contributed by atoms with van der Waals surface area (Å²) in [5.41, 5.74) is 2.35. The van der Waals surface area contributed by atoms with Crippen molar-refractivity contribution in [3.8, 4) is 11.5 Å². The SMILES string of the molecule is CCCOCCOCCCOc1ccc(C(C)(C)c2ccc(OCCCOCCOCCC)cc2)cc1. The maximum absolute atomic E-state index is 5.88. The van der Waals surface area contributed by atoms with Gasteiger partial charge in [0, 0.05) is 44.7 Å². The lowest BCUT2D eigenvalue weighted by Gasteiger charge is -2.26. The summed E-state index contributed by atoms with van der Waals surface area (Å²) < 4.78 is 33.7. The van der Waals surface area contributed by atoms with Crippen LogP contribution in [-0.4, -0.2) is 66.1 Å². The van der Waals surface area contributed by atoms with Gasteiger partial charge in [0.05, 0.1) is 39.6 Å². The van der Waals surface area contributed by atoms with Crippen molar-refractivity contribution in [1.82, 2.24) is 0 Å². The van der Waals surface area contributed by atoms with Crippen LogP contribution in [-0.2, 0) is 24.4 Å². The van der Waals surface area contributed by atoms with E-state index < -0.39 is 0 Å². The molecule has 0 radical (unpaired) electrons. The van der Waals surface area contributed by atoms with Crippen molar-refractivity contribution in [2.75, 3.05) is 66.1 Å². The molecule has 0 aliphatic rings. The number of rotatable bonds is 22. The van der Waals surface area contributed by atoms with E-state index in [2.05, 4.69) is 52.0 Å². The monoisotopic (exact) mass is 516 g/mol. The highest BCUT2D eigenvalue weighted by atomic mass is 16.5. The van der Waals surface area contributed by atoms with Crippen LogP contribution in [0.1, 0.15) is 64.5 Å². The van der Waals surface area contributed by atoms with Crippen LogP contribution in [0, 0.1) is 0 Å². The molecule has 0 spiro atoms. The minimum absolute atomic E-state index is 0.127. The second-order valence-electron chi connectivity index (χ2n) is 9.53. The van der Waals surface area contributed by atoms with Crippen molar-refractivity contribution in [1.29, 1.82) is 0 Å². The fourth-order valence-corrected chi connectivity index (χ4v) is 3.74. The first-order valence-electron chi connectivity index (χ1n) is 13.9. The molecule has 0 bridgehead atoms. The van der Waals surface area contributed by atoms with Gasteiger partial charge in [0.2, 0.25) is 0 Å². The Morgan fingerprint density at radius 1 is 0.459 bits per heavy atom. The lowest BCUT2D eigenvalue weighted by atomic mass is 9.78. The molecule has 0 aliphatic carbocycles. The molecular formula is C31H48O6. The first kappa shape index (κ1) is 31.1. The van der Waals surface area contributed by atoms with E-state index in [0.717, 1.165) is 50.4 Å². The van der Waals surface area contributed by atoms with Gasteiger partial charge < -0.3 is 28.4 Å². The number of hydrogen-bond acceptors (Lipinski definition) is 6. The van der Waals surface area contributed by atoms with Crippen molar-refractivity contribution in [2.24, 2.45) is 0 Å². The molecule has 208 valence electrons. The van der Waals surface area contributed by atoms with Gasteiger partial charge in [-0.15, -0.1) is 0 Å². The summed E-state index contributed by atoms with van der Waals surface area (Å²) in [6, 6.07) is 16.8. The minimum Gasteiger partial charge on any atom is -0.494 e. The molecular weight excluding hydrogens is 468 g/mol. The van der Waals surface area contributed by atoms with Gasteiger partial charge in [-0.25, -0.2) is 0 Å². The molecule has 0 saturated carbocycles. The molecule has 0 fully saturated rings. The molecule has 37 heavy (non-hydrogen) atoms. The van der Waals surface area contributed by atoms with E-state index in [1.165, 1.54) is 11.1 Å². The minimum atomic E-state index is -0.127. The average molecular weight is 517 g/mol. The topological polar surface area (TPSA) is 55.4 Å². The molecule has 6 heteroatoms. The van der Waals surface area contributed by atoms with Crippen LogP contribution < -0.4 is 9.47 Å². The molecule has 0 saturated heterocycles. The Hall–Kier alpha value is -2.12. The van der Waals surface area contributed by atoms with E-state index in [1.807, 2.05) is 24.3 Å². The van der Waals surface area contributed by atoms with Crippen LogP contribution >= 0.6 is 0 Å². The fraction of sp³-hybridized carbons (Fsp3) is 0.613. The highest BCUT2D eigenvalue weighted by Crippen LogP contribution is 2.33. The highest BCUT2D eigenvalue weighted by Gasteiger charge is 2.23. The normalized spacial score (nSPS) is 11.6. The van der Waals surface area contributed by atoms with Gasteiger partial charge in [-0.05, 0) is 48.2 Å². The van der Waals surface area contributed by atoms with Crippen LogP contribution in [0.5, 0.6) is 11.5 Å². The summed E-state index contributed by atoms with van der Waals surface area (Å²) in [5.74, 6) is 1.76. The van der Waals surface area contributed by atoms with Crippen molar-refractivity contribution in [3.63, 3.8) is 0 Å². The summed E-state index contributed by atoms with van der Waals surface area (Å²) in [7, 11) is 0. The molecule has 2 aromatic rings. The van der Waals surface area contributed by atoms with E-state index in [-0.39, 0.29) is 5.41 Å². The molecule has 0 aliphatic heterocycles. The fourth-order valence-electron chi connectivity index (χ4n) is 3.74.